The van der Waals surface area contributed by atoms with E-state index in [9.17, 15) is 0 Å². The molecule has 0 spiro atoms. The van der Waals surface area contributed by atoms with E-state index in [2.05, 4.69) is 54.2 Å². The van der Waals surface area contributed by atoms with Crippen LogP contribution in [0.3, 0.4) is 0 Å². The molecule has 0 atom stereocenters. The van der Waals surface area contributed by atoms with Crippen molar-refractivity contribution < 1.29 is 0 Å². The summed E-state index contributed by atoms with van der Waals surface area (Å²) in [5.74, 6) is 0. The summed E-state index contributed by atoms with van der Waals surface area (Å²) in [6.07, 6.45) is 0. The first-order valence-corrected chi connectivity index (χ1v) is 6.88. The number of anilines is 1. The van der Waals surface area contributed by atoms with Gasteiger partial charge in [-0.2, -0.15) is 0 Å². The minimum absolute atomic E-state index is 1.04. The molecule has 0 aliphatic carbocycles. The quantitative estimate of drug-likeness (QED) is 0.877. The Balaban J connectivity index is 1.77. The number of likely N-dealkylation sites (N-methyl/N-ethyl adjacent to an activating group) is 1. The number of aryl methyl sites for hydroxylation is 1. The molecule has 2 rings (SSSR count). The Hall–Kier alpha value is -1.06. The van der Waals surface area contributed by atoms with Gasteiger partial charge >= 0.3 is 0 Å². The molecule has 1 aromatic carbocycles. The highest BCUT2D eigenvalue weighted by atomic mass is 15.2. The molecule has 1 fully saturated rings. The van der Waals surface area contributed by atoms with Crippen molar-refractivity contribution in [3.8, 4) is 0 Å². The SMILES string of the molecule is Cc1cccc(NCCN2CCN(C)CC2)c1C. The van der Waals surface area contributed by atoms with Crippen LogP contribution in [0.4, 0.5) is 5.69 Å². The summed E-state index contributed by atoms with van der Waals surface area (Å²) >= 11 is 0. The largest absolute Gasteiger partial charge is 0.384 e. The third-order valence-electron chi connectivity index (χ3n) is 3.94. The average molecular weight is 247 g/mol. The lowest BCUT2D eigenvalue weighted by Gasteiger charge is -2.32. The van der Waals surface area contributed by atoms with Crippen LogP contribution in [0.15, 0.2) is 18.2 Å². The first kappa shape index (κ1) is 13.4. The molecule has 100 valence electrons. The van der Waals surface area contributed by atoms with Crippen LogP contribution in [0.5, 0.6) is 0 Å². The monoisotopic (exact) mass is 247 g/mol. The molecule has 1 aromatic rings. The molecule has 1 saturated heterocycles. The van der Waals surface area contributed by atoms with Gasteiger partial charge in [-0.05, 0) is 38.1 Å². The van der Waals surface area contributed by atoms with Crippen molar-refractivity contribution in [1.82, 2.24) is 9.80 Å². The summed E-state index contributed by atoms with van der Waals surface area (Å²) in [6, 6.07) is 6.47. The maximum Gasteiger partial charge on any atom is 0.0372 e. The number of hydrogen-bond acceptors (Lipinski definition) is 3. The number of piperazine rings is 1. The fraction of sp³-hybridized carbons (Fsp3) is 0.600. The third kappa shape index (κ3) is 3.47. The first-order valence-electron chi connectivity index (χ1n) is 6.88. The van der Waals surface area contributed by atoms with E-state index < -0.39 is 0 Å². The second-order valence-corrected chi connectivity index (χ2v) is 5.32. The fourth-order valence-corrected chi connectivity index (χ4v) is 2.36. The molecule has 0 saturated carbocycles. The van der Waals surface area contributed by atoms with Gasteiger partial charge in [0.1, 0.15) is 0 Å². The Morgan fingerprint density at radius 3 is 2.56 bits per heavy atom. The maximum atomic E-state index is 3.56. The van der Waals surface area contributed by atoms with Crippen molar-refractivity contribution in [1.29, 1.82) is 0 Å². The Bertz CT molecular complexity index is 381. The van der Waals surface area contributed by atoms with Crippen LogP contribution >= 0.6 is 0 Å². The van der Waals surface area contributed by atoms with Gasteiger partial charge in [0, 0.05) is 45.0 Å². The molecule has 0 bridgehead atoms. The van der Waals surface area contributed by atoms with Gasteiger partial charge in [0.05, 0.1) is 0 Å². The van der Waals surface area contributed by atoms with Crippen molar-refractivity contribution in [3.63, 3.8) is 0 Å². The van der Waals surface area contributed by atoms with E-state index in [1.807, 2.05) is 0 Å². The molecule has 0 amide bonds. The maximum absolute atomic E-state index is 3.56. The van der Waals surface area contributed by atoms with Crippen LogP contribution in [0.25, 0.3) is 0 Å². The van der Waals surface area contributed by atoms with Crippen molar-refractivity contribution in [3.05, 3.63) is 29.3 Å². The van der Waals surface area contributed by atoms with Crippen LogP contribution in [-0.4, -0.2) is 56.1 Å². The Morgan fingerprint density at radius 1 is 1.11 bits per heavy atom. The van der Waals surface area contributed by atoms with Crippen molar-refractivity contribution in [2.24, 2.45) is 0 Å². The lowest BCUT2D eigenvalue weighted by molar-refractivity contribution is 0.158. The summed E-state index contributed by atoms with van der Waals surface area (Å²) in [5, 5.41) is 3.56. The Kier molecular flexibility index (Phi) is 4.61. The minimum Gasteiger partial charge on any atom is -0.384 e. The zero-order valence-electron chi connectivity index (χ0n) is 11.9. The van der Waals surface area contributed by atoms with Gasteiger partial charge in [-0.1, -0.05) is 12.1 Å². The summed E-state index contributed by atoms with van der Waals surface area (Å²) in [5.41, 5.74) is 4.01. The number of rotatable bonds is 4. The van der Waals surface area contributed by atoms with Gasteiger partial charge in [0.15, 0.2) is 0 Å². The van der Waals surface area contributed by atoms with Crippen LogP contribution in [0.2, 0.25) is 0 Å². The Labute approximate surface area is 111 Å². The van der Waals surface area contributed by atoms with Gasteiger partial charge in [0.2, 0.25) is 0 Å². The van der Waals surface area contributed by atoms with E-state index in [0.29, 0.717) is 0 Å². The minimum atomic E-state index is 1.04. The van der Waals surface area contributed by atoms with Gasteiger partial charge < -0.3 is 10.2 Å². The molecular formula is C15H25N3. The zero-order valence-corrected chi connectivity index (χ0v) is 11.9. The van der Waals surface area contributed by atoms with E-state index in [0.717, 1.165) is 13.1 Å². The summed E-state index contributed by atoms with van der Waals surface area (Å²) in [4.78, 5) is 4.94. The summed E-state index contributed by atoms with van der Waals surface area (Å²) in [7, 11) is 2.20. The van der Waals surface area contributed by atoms with Gasteiger partial charge in [-0.25, -0.2) is 0 Å². The second-order valence-electron chi connectivity index (χ2n) is 5.32. The molecule has 0 radical (unpaired) electrons. The van der Waals surface area contributed by atoms with Crippen molar-refractivity contribution >= 4 is 5.69 Å². The molecule has 3 heteroatoms. The number of benzene rings is 1. The molecule has 18 heavy (non-hydrogen) atoms. The van der Waals surface area contributed by atoms with Crippen LogP contribution in [0.1, 0.15) is 11.1 Å². The number of nitrogens with zero attached hydrogens (tertiary/aromatic N) is 2. The van der Waals surface area contributed by atoms with Gasteiger partial charge in [0.25, 0.3) is 0 Å². The van der Waals surface area contributed by atoms with Crippen molar-refractivity contribution in [2.45, 2.75) is 13.8 Å². The van der Waals surface area contributed by atoms with E-state index in [4.69, 9.17) is 0 Å². The van der Waals surface area contributed by atoms with Crippen LogP contribution < -0.4 is 5.32 Å². The molecule has 0 unspecified atom stereocenters. The number of hydrogen-bond donors (Lipinski definition) is 1. The highest BCUT2D eigenvalue weighted by Crippen LogP contribution is 2.17. The van der Waals surface area contributed by atoms with Gasteiger partial charge in [-0.3, -0.25) is 4.90 Å². The molecule has 1 N–H and O–H groups in total. The van der Waals surface area contributed by atoms with Gasteiger partial charge in [-0.15, -0.1) is 0 Å². The molecular weight excluding hydrogens is 222 g/mol. The number of nitrogens with one attached hydrogen (secondary N) is 1. The average Bonchev–Trinajstić information content (AvgIpc) is 2.37. The molecule has 0 aromatic heterocycles. The lowest BCUT2D eigenvalue weighted by atomic mass is 10.1. The molecule has 3 nitrogen and oxygen atoms in total. The topological polar surface area (TPSA) is 18.5 Å². The second kappa shape index (κ2) is 6.21. The van der Waals surface area contributed by atoms with E-state index in [1.165, 1.54) is 43.0 Å². The van der Waals surface area contributed by atoms with E-state index in [1.54, 1.807) is 0 Å². The van der Waals surface area contributed by atoms with E-state index >= 15 is 0 Å². The summed E-state index contributed by atoms with van der Waals surface area (Å²) < 4.78 is 0. The molecule has 1 aliphatic heterocycles. The van der Waals surface area contributed by atoms with Crippen LogP contribution in [-0.2, 0) is 0 Å². The van der Waals surface area contributed by atoms with E-state index in [-0.39, 0.29) is 0 Å². The standard InChI is InChI=1S/C15H25N3/c1-13-5-4-6-15(14(13)2)16-7-8-18-11-9-17(3)10-12-18/h4-6,16H,7-12H2,1-3H3. The predicted octanol–water partition coefficient (Wildman–Crippen LogP) is 1.96. The first-order chi connectivity index (χ1) is 8.66. The summed E-state index contributed by atoms with van der Waals surface area (Å²) in [6.45, 7) is 11.3. The Morgan fingerprint density at radius 2 is 1.83 bits per heavy atom. The highest BCUT2D eigenvalue weighted by Gasteiger charge is 2.12. The smallest absolute Gasteiger partial charge is 0.0372 e. The molecule has 1 aliphatic rings. The predicted molar refractivity (Wildman–Crippen MR) is 78.3 cm³/mol. The zero-order chi connectivity index (χ0) is 13.0. The molecule has 1 heterocycles. The lowest BCUT2D eigenvalue weighted by Crippen LogP contribution is -2.45. The fourth-order valence-electron chi connectivity index (χ4n) is 2.36. The van der Waals surface area contributed by atoms with Crippen molar-refractivity contribution in [2.75, 3.05) is 51.6 Å². The normalized spacial score (nSPS) is 17.9. The third-order valence-corrected chi connectivity index (χ3v) is 3.94. The van der Waals surface area contributed by atoms with Crippen LogP contribution in [0, 0.1) is 13.8 Å². The highest BCUT2D eigenvalue weighted by molar-refractivity contribution is 5.53.